The smallest absolute Gasteiger partial charge is 0.194 e. The van der Waals surface area contributed by atoms with E-state index < -0.39 is 0 Å². The zero-order valence-electron chi connectivity index (χ0n) is 15.2. The average Bonchev–Trinajstić information content (AvgIpc) is 2.50. The fourth-order valence-corrected chi connectivity index (χ4v) is 3.38. The van der Waals surface area contributed by atoms with Crippen molar-refractivity contribution in [2.45, 2.75) is 33.7 Å². The van der Waals surface area contributed by atoms with E-state index in [0.29, 0.717) is 6.54 Å². The molecule has 1 N–H and O–H groups in total. The third-order valence-corrected chi connectivity index (χ3v) is 4.19. The van der Waals surface area contributed by atoms with E-state index in [0.717, 1.165) is 48.8 Å². The highest BCUT2D eigenvalue weighted by molar-refractivity contribution is 5.80. The lowest BCUT2D eigenvalue weighted by molar-refractivity contribution is 0.208. The van der Waals surface area contributed by atoms with Gasteiger partial charge in [0.05, 0.1) is 6.54 Å². The van der Waals surface area contributed by atoms with Crippen LogP contribution in [0.1, 0.15) is 32.8 Å². The van der Waals surface area contributed by atoms with Crippen LogP contribution in [-0.2, 0) is 6.54 Å². The maximum absolute atomic E-state index is 4.88. The molecule has 0 bridgehead atoms. The van der Waals surface area contributed by atoms with Crippen LogP contribution in [0.3, 0.4) is 0 Å². The number of guanidine groups is 1. The van der Waals surface area contributed by atoms with E-state index in [1.54, 1.807) is 0 Å². The minimum Gasteiger partial charge on any atom is -0.362 e. The van der Waals surface area contributed by atoms with Crippen molar-refractivity contribution < 1.29 is 0 Å². The summed E-state index contributed by atoms with van der Waals surface area (Å²) in [5, 5.41) is 3.45. The monoisotopic (exact) mass is 317 g/mol. The molecule has 1 fully saturated rings. The predicted octanol–water partition coefficient (Wildman–Crippen LogP) is 2.59. The maximum Gasteiger partial charge on any atom is 0.194 e. The second-order valence-electron chi connectivity index (χ2n) is 6.90. The van der Waals surface area contributed by atoms with E-state index in [1.165, 1.54) is 6.42 Å². The van der Waals surface area contributed by atoms with E-state index in [4.69, 9.17) is 4.99 Å². The number of rotatable bonds is 4. The van der Waals surface area contributed by atoms with Crippen LogP contribution in [0.15, 0.2) is 23.3 Å². The second kappa shape index (κ2) is 8.18. The molecule has 0 amide bonds. The van der Waals surface area contributed by atoms with Gasteiger partial charge in [-0.1, -0.05) is 19.9 Å². The first kappa shape index (κ1) is 17.6. The summed E-state index contributed by atoms with van der Waals surface area (Å²) in [5.74, 6) is 3.46. The van der Waals surface area contributed by atoms with Gasteiger partial charge in [-0.05, 0) is 31.2 Å². The zero-order chi connectivity index (χ0) is 16.8. The second-order valence-corrected chi connectivity index (χ2v) is 6.90. The van der Waals surface area contributed by atoms with E-state index in [2.05, 4.69) is 42.0 Å². The quantitative estimate of drug-likeness (QED) is 0.685. The van der Waals surface area contributed by atoms with Crippen molar-refractivity contribution >= 4 is 11.8 Å². The summed E-state index contributed by atoms with van der Waals surface area (Å²) < 4.78 is 0. The number of hydrogen-bond donors (Lipinski definition) is 1. The van der Waals surface area contributed by atoms with Crippen LogP contribution in [0, 0.1) is 11.8 Å². The topological polar surface area (TPSA) is 43.8 Å². The predicted molar refractivity (Wildman–Crippen MR) is 97.9 cm³/mol. The largest absolute Gasteiger partial charge is 0.362 e. The van der Waals surface area contributed by atoms with Gasteiger partial charge in [0, 0.05) is 45.5 Å². The van der Waals surface area contributed by atoms with E-state index in [1.807, 2.05) is 31.3 Å². The van der Waals surface area contributed by atoms with Crippen molar-refractivity contribution in [2.24, 2.45) is 16.8 Å². The SMILES string of the molecule is CCNC(=NCc1cccnc1N(C)C)N1CC(C)CC(C)C1. The van der Waals surface area contributed by atoms with Crippen LogP contribution in [0.4, 0.5) is 5.82 Å². The molecule has 2 heterocycles. The summed E-state index contributed by atoms with van der Waals surface area (Å²) in [6.45, 7) is 10.5. The van der Waals surface area contributed by atoms with Crippen LogP contribution in [0.25, 0.3) is 0 Å². The molecule has 0 saturated carbocycles. The molecule has 0 aromatic carbocycles. The number of piperidine rings is 1. The fourth-order valence-electron chi connectivity index (χ4n) is 3.38. The van der Waals surface area contributed by atoms with Gasteiger partial charge < -0.3 is 15.1 Å². The van der Waals surface area contributed by atoms with Gasteiger partial charge >= 0.3 is 0 Å². The molecule has 0 aliphatic carbocycles. The molecule has 2 atom stereocenters. The minimum atomic E-state index is 0.656. The Bertz CT molecular complexity index is 516. The Kier molecular flexibility index (Phi) is 6.25. The lowest BCUT2D eigenvalue weighted by Gasteiger charge is -2.37. The van der Waals surface area contributed by atoms with E-state index in [9.17, 15) is 0 Å². The molecule has 5 nitrogen and oxygen atoms in total. The molecule has 23 heavy (non-hydrogen) atoms. The Balaban J connectivity index is 2.16. The molecular formula is C18H31N5. The van der Waals surface area contributed by atoms with Gasteiger partial charge in [-0.3, -0.25) is 0 Å². The Labute approximate surface area is 140 Å². The number of nitrogens with one attached hydrogen (secondary N) is 1. The molecule has 1 aromatic heterocycles. The molecular weight excluding hydrogens is 286 g/mol. The number of nitrogens with zero attached hydrogens (tertiary/aromatic N) is 4. The third kappa shape index (κ3) is 4.85. The Morgan fingerprint density at radius 2 is 2.04 bits per heavy atom. The summed E-state index contributed by atoms with van der Waals surface area (Å²) in [6.07, 6.45) is 3.14. The van der Waals surface area contributed by atoms with Gasteiger partial charge in [-0.25, -0.2) is 9.98 Å². The fraction of sp³-hybridized carbons (Fsp3) is 0.667. The van der Waals surface area contributed by atoms with Crippen molar-refractivity contribution in [3.63, 3.8) is 0 Å². The van der Waals surface area contributed by atoms with Crippen molar-refractivity contribution in [2.75, 3.05) is 38.6 Å². The first-order chi connectivity index (χ1) is 11.0. The van der Waals surface area contributed by atoms with Crippen LogP contribution in [0.5, 0.6) is 0 Å². The molecule has 1 aromatic rings. The minimum absolute atomic E-state index is 0.656. The van der Waals surface area contributed by atoms with Crippen molar-refractivity contribution in [3.05, 3.63) is 23.9 Å². The van der Waals surface area contributed by atoms with Crippen LogP contribution < -0.4 is 10.2 Å². The number of anilines is 1. The van der Waals surface area contributed by atoms with Crippen molar-refractivity contribution in [3.8, 4) is 0 Å². The highest BCUT2D eigenvalue weighted by Gasteiger charge is 2.24. The van der Waals surface area contributed by atoms with Crippen molar-refractivity contribution in [1.29, 1.82) is 0 Å². The van der Waals surface area contributed by atoms with Gasteiger partial charge in [-0.2, -0.15) is 0 Å². The molecule has 0 radical (unpaired) electrons. The molecule has 2 unspecified atom stereocenters. The zero-order valence-corrected chi connectivity index (χ0v) is 15.2. The summed E-state index contributed by atoms with van der Waals surface area (Å²) in [5.41, 5.74) is 1.16. The Morgan fingerprint density at radius 1 is 1.35 bits per heavy atom. The van der Waals surface area contributed by atoms with Crippen LogP contribution >= 0.6 is 0 Å². The van der Waals surface area contributed by atoms with Gasteiger partial charge in [0.25, 0.3) is 0 Å². The lowest BCUT2D eigenvalue weighted by atomic mass is 9.92. The summed E-state index contributed by atoms with van der Waals surface area (Å²) in [6, 6.07) is 4.09. The summed E-state index contributed by atoms with van der Waals surface area (Å²) >= 11 is 0. The molecule has 1 saturated heterocycles. The first-order valence-corrected chi connectivity index (χ1v) is 8.65. The van der Waals surface area contributed by atoms with Gasteiger partial charge in [0.2, 0.25) is 0 Å². The van der Waals surface area contributed by atoms with Crippen molar-refractivity contribution in [1.82, 2.24) is 15.2 Å². The number of pyridine rings is 1. The molecule has 5 heteroatoms. The number of aliphatic imine (C=N–C) groups is 1. The molecule has 2 rings (SSSR count). The number of aromatic nitrogens is 1. The highest BCUT2D eigenvalue weighted by atomic mass is 15.3. The van der Waals surface area contributed by atoms with Crippen LogP contribution in [0.2, 0.25) is 0 Å². The Hall–Kier alpha value is -1.78. The standard InChI is InChI=1S/C18H31N5/c1-6-19-18(23-12-14(2)10-15(3)13-23)21-11-16-8-7-9-20-17(16)22(4)5/h7-9,14-15H,6,10-13H2,1-5H3,(H,19,21). The normalized spacial score (nSPS) is 22.1. The van der Waals surface area contributed by atoms with Gasteiger partial charge in [0.15, 0.2) is 5.96 Å². The average molecular weight is 317 g/mol. The molecule has 0 spiro atoms. The summed E-state index contributed by atoms with van der Waals surface area (Å²) in [7, 11) is 4.05. The first-order valence-electron chi connectivity index (χ1n) is 8.65. The molecule has 1 aliphatic rings. The van der Waals surface area contributed by atoms with E-state index in [-0.39, 0.29) is 0 Å². The third-order valence-electron chi connectivity index (χ3n) is 4.19. The number of likely N-dealkylation sites (tertiary alicyclic amines) is 1. The maximum atomic E-state index is 4.88. The highest BCUT2D eigenvalue weighted by Crippen LogP contribution is 2.21. The van der Waals surface area contributed by atoms with Gasteiger partial charge in [0.1, 0.15) is 5.82 Å². The number of hydrogen-bond acceptors (Lipinski definition) is 3. The Morgan fingerprint density at radius 3 is 2.65 bits per heavy atom. The molecule has 1 aliphatic heterocycles. The molecule has 128 valence electrons. The van der Waals surface area contributed by atoms with Crippen LogP contribution in [-0.4, -0.2) is 49.6 Å². The van der Waals surface area contributed by atoms with E-state index >= 15 is 0 Å². The van der Waals surface area contributed by atoms with Gasteiger partial charge in [-0.15, -0.1) is 0 Å². The lowest BCUT2D eigenvalue weighted by Crippen LogP contribution is -2.48. The summed E-state index contributed by atoms with van der Waals surface area (Å²) in [4.78, 5) is 13.8.